The van der Waals surface area contributed by atoms with Gasteiger partial charge in [0.25, 0.3) is 0 Å². The zero-order valence-electron chi connectivity index (χ0n) is 6.86. The monoisotopic (exact) mass is 162 g/mol. The Morgan fingerprint density at radius 2 is 2.42 bits per heavy atom. The Morgan fingerprint density at radius 1 is 1.58 bits per heavy atom. The highest BCUT2D eigenvalue weighted by atomic mass is 15.3. The van der Waals surface area contributed by atoms with E-state index in [9.17, 15) is 0 Å². The molecule has 2 rings (SSSR count). The summed E-state index contributed by atoms with van der Waals surface area (Å²) in [6.07, 6.45) is 4.43. The van der Waals surface area contributed by atoms with Gasteiger partial charge in [0.1, 0.15) is 5.82 Å². The van der Waals surface area contributed by atoms with Gasteiger partial charge in [0.05, 0.1) is 6.20 Å². The Bertz CT molecular complexity index is 404. The van der Waals surface area contributed by atoms with Crippen LogP contribution in [0.5, 0.6) is 0 Å². The molecular weight excluding hydrogens is 152 g/mol. The Morgan fingerprint density at radius 3 is 3.17 bits per heavy atom. The van der Waals surface area contributed by atoms with Crippen LogP contribution in [0.25, 0.3) is 5.65 Å². The molecular formula is C8H10N4. The molecule has 0 atom stereocenters. The Balaban J connectivity index is 2.80. The van der Waals surface area contributed by atoms with Crippen molar-refractivity contribution >= 4 is 11.5 Å². The maximum atomic E-state index is 5.68. The largest absolute Gasteiger partial charge is 0.384 e. The minimum atomic E-state index is 0.625. The normalized spacial score (nSPS) is 10.8. The van der Waals surface area contributed by atoms with Crippen LogP contribution >= 0.6 is 0 Å². The maximum absolute atomic E-state index is 5.68. The molecule has 0 fully saturated rings. The lowest BCUT2D eigenvalue weighted by Gasteiger charge is -1.96. The van der Waals surface area contributed by atoms with E-state index >= 15 is 0 Å². The van der Waals surface area contributed by atoms with Crippen molar-refractivity contribution in [2.24, 2.45) is 0 Å². The molecule has 2 aromatic heterocycles. The van der Waals surface area contributed by atoms with Gasteiger partial charge in [-0.1, -0.05) is 6.92 Å². The molecule has 12 heavy (non-hydrogen) atoms. The van der Waals surface area contributed by atoms with E-state index in [1.165, 1.54) is 0 Å². The van der Waals surface area contributed by atoms with Crippen LogP contribution in [0.15, 0.2) is 18.5 Å². The smallest absolute Gasteiger partial charge is 0.160 e. The third-order valence-corrected chi connectivity index (χ3v) is 1.88. The Kier molecular flexibility index (Phi) is 1.46. The minimum absolute atomic E-state index is 0.625. The molecule has 2 N–H and O–H groups in total. The third kappa shape index (κ3) is 0.845. The number of nitrogens with two attached hydrogens (primary N) is 1. The van der Waals surface area contributed by atoms with E-state index in [4.69, 9.17) is 5.73 Å². The van der Waals surface area contributed by atoms with Crippen LogP contribution in [0.1, 0.15) is 12.5 Å². The number of nitrogens with zero attached hydrogens (tertiary/aromatic N) is 3. The molecule has 0 aliphatic rings. The standard InChI is InChI=1S/C8H10N4/c1-2-6-5-11-12-7(9)3-4-10-8(6)12/h3-5H,2,9H2,1H3. The van der Waals surface area contributed by atoms with Gasteiger partial charge in [-0.15, -0.1) is 0 Å². The summed E-state index contributed by atoms with van der Waals surface area (Å²) in [6, 6.07) is 1.74. The van der Waals surface area contributed by atoms with Crippen molar-refractivity contribution < 1.29 is 0 Å². The molecule has 0 saturated heterocycles. The Hall–Kier alpha value is -1.58. The van der Waals surface area contributed by atoms with Crippen molar-refractivity contribution in [3.63, 3.8) is 0 Å². The summed E-state index contributed by atoms with van der Waals surface area (Å²) in [5.41, 5.74) is 7.67. The number of rotatable bonds is 1. The second-order valence-corrected chi connectivity index (χ2v) is 2.63. The van der Waals surface area contributed by atoms with Crippen molar-refractivity contribution in [1.29, 1.82) is 0 Å². The SMILES string of the molecule is CCc1cnn2c(N)ccnc12. The summed E-state index contributed by atoms with van der Waals surface area (Å²) >= 11 is 0. The lowest BCUT2D eigenvalue weighted by molar-refractivity contribution is 0.952. The first-order valence-electron chi connectivity index (χ1n) is 3.90. The average Bonchev–Trinajstić information content (AvgIpc) is 2.49. The van der Waals surface area contributed by atoms with E-state index < -0.39 is 0 Å². The van der Waals surface area contributed by atoms with Gasteiger partial charge in [0.15, 0.2) is 5.65 Å². The van der Waals surface area contributed by atoms with Gasteiger partial charge < -0.3 is 5.73 Å². The second-order valence-electron chi connectivity index (χ2n) is 2.63. The highest BCUT2D eigenvalue weighted by molar-refractivity contribution is 5.50. The number of anilines is 1. The average molecular weight is 162 g/mol. The third-order valence-electron chi connectivity index (χ3n) is 1.88. The molecule has 0 amide bonds. The Labute approximate surface area is 70.0 Å². The van der Waals surface area contributed by atoms with Gasteiger partial charge in [-0.25, -0.2) is 4.98 Å². The topological polar surface area (TPSA) is 56.2 Å². The zero-order chi connectivity index (χ0) is 8.55. The minimum Gasteiger partial charge on any atom is -0.384 e. The number of aromatic nitrogens is 3. The van der Waals surface area contributed by atoms with Gasteiger partial charge in [-0.05, 0) is 12.5 Å². The van der Waals surface area contributed by atoms with Gasteiger partial charge >= 0.3 is 0 Å². The van der Waals surface area contributed by atoms with E-state index in [-0.39, 0.29) is 0 Å². The molecule has 0 spiro atoms. The predicted molar refractivity (Wildman–Crippen MR) is 46.8 cm³/mol. The van der Waals surface area contributed by atoms with E-state index in [0.717, 1.165) is 17.6 Å². The summed E-state index contributed by atoms with van der Waals surface area (Å²) in [6.45, 7) is 2.07. The molecule has 0 unspecified atom stereocenters. The lowest BCUT2D eigenvalue weighted by atomic mass is 10.3. The van der Waals surface area contributed by atoms with Crippen molar-refractivity contribution in [2.45, 2.75) is 13.3 Å². The van der Waals surface area contributed by atoms with Crippen LogP contribution < -0.4 is 5.73 Å². The van der Waals surface area contributed by atoms with E-state index in [1.807, 2.05) is 0 Å². The second kappa shape index (κ2) is 2.48. The number of hydrogen-bond donors (Lipinski definition) is 1. The molecule has 0 aromatic carbocycles. The molecule has 4 nitrogen and oxygen atoms in total. The number of fused-ring (bicyclic) bond motifs is 1. The van der Waals surface area contributed by atoms with Crippen LogP contribution in [0.2, 0.25) is 0 Å². The number of aryl methyl sites for hydroxylation is 1. The highest BCUT2D eigenvalue weighted by Crippen LogP contribution is 2.10. The van der Waals surface area contributed by atoms with Crippen LogP contribution in [0, 0.1) is 0 Å². The molecule has 0 aliphatic heterocycles. The molecule has 2 heterocycles. The van der Waals surface area contributed by atoms with Crippen molar-refractivity contribution in [2.75, 3.05) is 5.73 Å². The van der Waals surface area contributed by atoms with E-state index in [0.29, 0.717) is 5.82 Å². The molecule has 62 valence electrons. The van der Waals surface area contributed by atoms with Gasteiger partial charge in [-0.3, -0.25) is 0 Å². The molecule has 0 bridgehead atoms. The molecule has 0 aliphatic carbocycles. The molecule has 0 radical (unpaired) electrons. The van der Waals surface area contributed by atoms with Crippen molar-refractivity contribution in [3.8, 4) is 0 Å². The predicted octanol–water partition coefficient (Wildman–Crippen LogP) is 0.874. The van der Waals surface area contributed by atoms with Crippen LogP contribution in [-0.4, -0.2) is 14.6 Å². The van der Waals surface area contributed by atoms with Gasteiger partial charge in [-0.2, -0.15) is 9.61 Å². The number of nitrogen functional groups attached to an aromatic ring is 1. The quantitative estimate of drug-likeness (QED) is 0.677. The molecule has 2 aromatic rings. The zero-order valence-corrected chi connectivity index (χ0v) is 6.86. The van der Waals surface area contributed by atoms with Crippen molar-refractivity contribution in [3.05, 3.63) is 24.0 Å². The van der Waals surface area contributed by atoms with Gasteiger partial charge in [0, 0.05) is 11.8 Å². The molecule has 0 saturated carbocycles. The maximum Gasteiger partial charge on any atom is 0.160 e. The van der Waals surface area contributed by atoms with Crippen LogP contribution in [-0.2, 0) is 6.42 Å². The van der Waals surface area contributed by atoms with E-state index in [1.54, 1.807) is 23.0 Å². The summed E-state index contributed by atoms with van der Waals surface area (Å²) in [5, 5.41) is 4.12. The van der Waals surface area contributed by atoms with Gasteiger partial charge in [0.2, 0.25) is 0 Å². The first-order chi connectivity index (χ1) is 5.83. The summed E-state index contributed by atoms with van der Waals surface area (Å²) < 4.78 is 1.65. The van der Waals surface area contributed by atoms with Crippen LogP contribution in [0.4, 0.5) is 5.82 Å². The summed E-state index contributed by atoms with van der Waals surface area (Å²) in [4.78, 5) is 4.19. The van der Waals surface area contributed by atoms with Crippen LogP contribution in [0.3, 0.4) is 0 Å². The van der Waals surface area contributed by atoms with Crippen molar-refractivity contribution in [1.82, 2.24) is 14.6 Å². The summed E-state index contributed by atoms with van der Waals surface area (Å²) in [5.74, 6) is 0.625. The number of hydrogen-bond acceptors (Lipinski definition) is 3. The molecule has 4 heteroatoms. The lowest BCUT2D eigenvalue weighted by Crippen LogP contribution is -1.98. The first-order valence-corrected chi connectivity index (χ1v) is 3.90. The highest BCUT2D eigenvalue weighted by Gasteiger charge is 2.03. The first kappa shape index (κ1) is 7.09. The fourth-order valence-corrected chi connectivity index (χ4v) is 1.21. The fraction of sp³-hybridized carbons (Fsp3) is 0.250. The fourth-order valence-electron chi connectivity index (χ4n) is 1.21. The van der Waals surface area contributed by atoms with E-state index in [2.05, 4.69) is 17.0 Å². The summed E-state index contributed by atoms with van der Waals surface area (Å²) in [7, 11) is 0.